The molecule has 0 spiro atoms. The fourth-order valence-corrected chi connectivity index (χ4v) is 4.98. The van der Waals surface area contributed by atoms with Crippen LogP contribution in [0.25, 0.3) is 11.0 Å². The molecule has 2 heterocycles. The van der Waals surface area contributed by atoms with Crippen LogP contribution in [0.2, 0.25) is 0 Å². The van der Waals surface area contributed by atoms with Gasteiger partial charge in [0, 0.05) is 24.9 Å². The van der Waals surface area contributed by atoms with Gasteiger partial charge in [-0.3, -0.25) is 9.63 Å². The van der Waals surface area contributed by atoms with Crippen molar-refractivity contribution in [1.82, 2.24) is 14.6 Å². The Morgan fingerprint density at radius 1 is 0.969 bits per heavy atom. The van der Waals surface area contributed by atoms with Crippen LogP contribution in [-0.4, -0.2) is 27.1 Å². The quantitative estimate of drug-likeness (QED) is 0.559. The number of hydrogen-bond donors (Lipinski definition) is 0. The van der Waals surface area contributed by atoms with E-state index in [4.69, 9.17) is 4.84 Å². The van der Waals surface area contributed by atoms with E-state index in [0.717, 1.165) is 36.5 Å². The number of halogens is 3. The molecule has 1 aliphatic carbocycles. The largest absolute Gasteiger partial charge is 0.330 e. The molecule has 3 aromatic rings. The highest BCUT2D eigenvalue weighted by atomic mass is 19.1. The number of imidazole rings is 1. The Labute approximate surface area is 183 Å². The summed E-state index contributed by atoms with van der Waals surface area (Å²) in [6, 6.07) is 7.45. The van der Waals surface area contributed by atoms with Crippen molar-refractivity contribution in [3.8, 4) is 0 Å². The van der Waals surface area contributed by atoms with E-state index < -0.39 is 17.7 Å². The lowest BCUT2D eigenvalue weighted by molar-refractivity contribution is -0.183. The normalized spacial score (nSPS) is 23.7. The molecule has 1 atom stereocenters. The maximum Gasteiger partial charge on any atom is 0.249 e. The van der Waals surface area contributed by atoms with Gasteiger partial charge in [-0.05, 0) is 67.5 Å². The number of fused-ring (bicyclic) bond motifs is 1. The minimum absolute atomic E-state index is 0.120. The number of carbonyl (C=O) groups excluding carboxylic acids is 1. The fourth-order valence-electron chi connectivity index (χ4n) is 4.98. The van der Waals surface area contributed by atoms with E-state index in [1.54, 1.807) is 12.4 Å². The van der Waals surface area contributed by atoms with Crippen molar-refractivity contribution >= 4 is 16.9 Å². The van der Waals surface area contributed by atoms with Crippen LogP contribution >= 0.6 is 0 Å². The second kappa shape index (κ2) is 8.58. The van der Waals surface area contributed by atoms with Crippen LogP contribution in [0.1, 0.15) is 43.7 Å². The highest BCUT2D eigenvalue weighted by Gasteiger charge is 2.37. The fraction of sp³-hybridized carbons (Fsp3) is 0.417. The average molecular weight is 443 g/mol. The van der Waals surface area contributed by atoms with Gasteiger partial charge in [0.25, 0.3) is 0 Å². The smallest absolute Gasteiger partial charge is 0.249 e. The summed E-state index contributed by atoms with van der Waals surface area (Å²) < 4.78 is 42.9. The van der Waals surface area contributed by atoms with Crippen LogP contribution in [0.15, 0.2) is 42.7 Å². The van der Waals surface area contributed by atoms with Crippen LogP contribution in [0.4, 0.5) is 13.2 Å². The molecule has 1 aromatic heterocycles. The zero-order chi connectivity index (χ0) is 22.2. The Morgan fingerprint density at radius 3 is 2.47 bits per heavy atom. The molecule has 1 aliphatic heterocycles. The summed E-state index contributed by atoms with van der Waals surface area (Å²) in [5, 5.41) is 1.32. The molecule has 2 aromatic carbocycles. The lowest BCUT2D eigenvalue weighted by Gasteiger charge is -2.32. The number of carbonyl (C=O) groups is 1. The number of benzene rings is 2. The van der Waals surface area contributed by atoms with Crippen molar-refractivity contribution < 1.29 is 22.8 Å². The number of rotatable bonds is 4. The van der Waals surface area contributed by atoms with E-state index in [2.05, 4.69) is 4.98 Å². The average Bonchev–Trinajstić information content (AvgIpc) is 3.41. The van der Waals surface area contributed by atoms with Crippen molar-refractivity contribution in [2.45, 2.75) is 44.7 Å². The topological polar surface area (TPSA) is 47.4 Å². The van der Waals surface area contributed by atoms with E-state index in [1.807, 2.05) is 4.57 Å². The Kier molecular flexibility index (Phi) is 5.63. The van der Waals surface area contributed by atoms with E-state index in [1.165, 1.54) is 29.3 Å². The Hall–Kier alpha value is -2.87. The van der Waals surface area contributed by atoms with Gasteiger partial charge in [0.15, 0.2) is 0 Å². The molecular weight excluding hydrogens is 419 g/mol. The van der Waals surface area contributed by atoms with Gasteiger partial charge >= 0.3 is 0 Å². The first-order valence-corrected chi connectivity index (χ1v) is 11.0. The molecule has 168 valence electrons. The first-order valence-electron chi connectivity index (χ1n) is 11.0. The SMILES string of the molecule is O=C([C@H]1CC[C@H](Cn2cnc3ccc(F)cc32)CC1)N1OCC[C@H]1c1cc(F)cc(F)c1. The van der Waals surface area contributed by atoms with Gasteiger partial charge in [-0.2, -0.15) is 0 Å². The second-order valence-corrected chi connectivity index (χ2v) is 8.75. The highest BCUT2D eigenvalue weighted by molar-refractivity contribution is 5.78. The summed E-state index contributed by atoms with van der Waals surface area (Å²) >= 11 is 0. The Morgan fingerprint density at radius 2 is 1.72 bits per heavy atom. The molecule has 1 saturated heterocycles. The van der Waals surface area contributed by atoms with Gasteiger partial charge in [0.05, 0.1) is 30.0 Å². The summed E-state index contributed by atoms with van der Waals surface area (Å²) in [6.07, 6.45) is 5.40. The highest BCUT2D eigenvalue weighted by Crippen LogP contribution is 2.37. The maximum absolute atomic E-state index is 13.7. The first-order chi connectivity index (χ1) is 15.5. The standard InChI is InChI=1S/C24H24F3N3O2/c25-18-5-6-21-23(12-18)29(14-28-21)13-15-1-3-16(4-2-15)24(31)30-22(7-8-32-30)17-9-19(26)11-20(27)10-17/h5-6,9-12,14-16,22H,1-4,7-8,13H2/t15-,16-,22-/m0/s1. The number of hydrogen-bond acceptors (Lipinski definition) is 3. The molecule has 0 N–H and O–H groups in total. The van der Waals surface area contributed by atoms with Crippen LogP contribution in [0.5, 0.6) is 0 Å². The number of hydroxylamine groups is 2. The van der Waals surface area contributed by atoms with E-state index >= 15 is 0 Å². The van der Waals surface area contributed by atoms with Gasteiger partial charge in [-0.15, -0.1) is 0 Å². The van der Waals surface area contributed by atoms with E-state index in [0.29, 0.717) is 37.4 Å². The molecule has 0 bridgehead atoms. The minimum atomic E-state index is -0.660. The van der Waals surface area contributed by atoms with E-state index in [-0.39, 0.29) is 17.6 Å². The number of nitrogens with zero attached hydrogens (tertiary/aromatic N) is 3. The van der Waals surface area contributed by atoms with Crippen LogP contribution in [-0.2, 0) is 16.2 Å². The lowest BCUT2D eigenvalue weighted by Crippen LogP contribution is -2.37. The molecule has 2 aliphatic rings. The molecule has 5 rings (SSSR count). The monoisotopic (exact) mass is 443 g/mol. The second-order valence-electron chi connectivity index (χ2n) is 8.75. The third-order valence-corrected chi connectivity index (χ3v) is 6.63. The summed E-state index contributed by atoms with van der Waals surface area (Å²) in [5.41, 5.74) is 1.96. The van der Waals surface area contributed by atoms with Crippen LogP contribution < -0.4 is 0 Å². The summed E-state index contributed by atoms with van der Waals surface area (Å²) in [7, 11) is 0. The Balaban J connectivity index is 1.22. The first kappa shape index (κ1) is 21.0. The molecule has 32 heavy (non-hydrogen) atoms. The molecule has 5 nitrogen and oxygen atoms in total. The van der Waals surface area contributed by atoms with E-state index in [9.17, 15) is 18.0 Å². The summed E-state index contributed by atoms with van der Waals surface area (Å²) in [5.74, 6) is -1.54. The van der Waals surface area contributed by atoms with Gasteiger partial charge in [-0.1, -0.05) is 0 Å². The zero-order valence-corrected chi connectivity index (χ0v) is 17.5. The van der Waals surface area contributed by atoms with Crippen molar-refractivity contribution in [2.75, 3.05) is 6.61 Å². The minimum Gasteiger partial charge on any atom is -0.330 e. The predicted octanol–water partition coefficient (Wildman–Crippen LogP) is 5.17. The van der Waals surface area contributed by atoms with Crippen molar-refractivity contribution in [1.29, 1.82) is 0 Å². The van der Waals surface area contributed by atoms with Gasteiger partial charge in [-0.25, -0.2) is 23.2 Å². The number of amides is 1. The predicted molar refractivity (Wildman–Crippen MR) is 112 cm³/mol. The van der Waals surface area contributed by atoms with Gasteiger partial charge in [0.2, 0.25) is 5.91 Å². The molecule has 1 amide bonds. The molecule has 2 fully saturated rings. The zero-order valence-electron chi connectivity index (χ0n) is 17.5. The van der Waals surface area contributed by atoms with Crippen molar-refractivity contribution in [2.24, 2.45) is 11.8 Å². The third-order valence-electron chi connectivity index (χ3n) is 6.63. The summed E-state index contributed by atoms with van der Waals surface area (Å²) in [4.78, 5) is 23.1. The molecular formula is C24H24F3N3O2. The van der Waals surface area contributed by atoms with Crippen LogP contribution in [0, 0.1) is 29.3 Å². The molecule has 0 radical (unpaired) electrons. The lowest BCUT2D eigenvalue weighted by atomic mass is 9.81. The number of aromatic nitrogens is 2. The molecule has 8 heteroatoms. The molecule has 0 unspecified atom stereocenters. The summed E-state index contributed by atoms with van der Waals surface area (Å²) in [6.45, 7) is 1.07. The Bertz CT molecular complexity index is 1120. The molecule has 1 saturated carbocycles. The maximum atomic E-state index is 13.7. The van der Waals surface area contributed by atoms with Crippen molar-refractivity contribution in [3.05, 3.63) is 65.7 Å². The van der Waals surface area contributed by atoms with Crippen LogP contribution in [0.3, 0.4) is 0 Å². The third kappa shape index (κ3) is 4.11. The van der Waals surface area contributed by atoms with Gasteiger partial charge in [0.1, 0.15) is 17.5 Å². The van der Waals surface area contributed by atoms with Gasteiger partial charge < -0.3 is 4.57 Å². The van der Waals surface area contributed by atoms with Crippen molar-refractivity contribution in [3.63, 3.8) is 0 Å².